The van der Waals surface area contributed by atoms with Gasteiger partial charge in [-0.05, 0) is 54.4 Å². The second kappa shape index (κ2) is 12.6. The fourth-order valence-corrected chi connectivity index (χ4v) is 7.44. The number of pyridine rings is 1. The minimum absolute atomic E-state index is 0.0432. The maximum Gasteiger partial charge on any atom is 0.269 e. The number of morpholine rings is 1. The lowest BCUT2D eigenvalue weighted by Gasteiger charge is -2.26. The number of hydrogen-bond donors (Lipinski definition) is 1. The minimum atomic E-state index is -4.02. The van der Waals surface area contributed by atoms with Crippen LogP contribution in [0.3, 0.4) is 0 Å². The third kappa shape index (κ3) is 5.94. The molecule has 3 aromatic carbocycles. The van der Waals surface area contributed by atoms with E-state index in [1.54, 1.807) is 47.1 Å². The van der Waals surface area contributed by atoms with E-state index in [-0.39, 0.29) is 15.5 Å². The number of ether oxygens (including phenoxy) is 1. The molecular formula is C35H32N6O5S. The van der Waals surface area contributed by atoms with Gasteiger partial charge in [0.2, 0.25) is 9.84 Å². The summed E-state index contributed by atoms with van der Waals surface area (Å²) < 4.78 is 35.8. The summed E-state index contributed by atoms with van der Waals surface area (Å²) in [6.45, 7) is 6.48. The molecule has 238 valence electrons. The van der Waals surface area contributed by atoms with E-state index in [1.165, 1.54) is 18.3 Å². The van der Waals surface area contributed by atoms with Crippen LogP contribution < -0.4 is 0 Å². The molecule has 1 saturated heterocycles. The summed E-state index contributed by atoms with van der Waals surface area (Å²) in [6, 6.07) is 24.6. The van der Waals surface area contributed by atoms with E-state index in [2.05, 4.69) is 27.0 Å². The molecule has 4 heterocycles. The highest BCUT2D eigenvalue weighted by Crippen LogP contribution is 2.42. The van der Waals surface area contributed by atoms with Crippen molar-refractivity contribution >= 4 is 26.6 Å². The summed E-state index contributed by atoms with van der Waals surface area (Å²) in [4.78, 5) is 21.5. The van der Waals surface area contributed by atoms with Crippen LogP contribution in [0.2, 0.25) is 0 Å². The van der Waals surface area contributed by atoms with Gasteiger partial charge in [-0.2, -0.15) is 5.10 Å². The number of non-ortho nitro benzene ring substituents is 1. The monoisotopic (exact) mass is 648 g/mol. The highest BCUT2D eigenvalue weighted by atomic mass is 32.2. The Morgan fingerprint density at radius 2 is 1.72 bits per heavy atom. The lowest BCUT2D eigenvalue weighted by Crippen LogP contribution is -2.35. The van der Waals surface area contributed by atoms with Crippen LogP contribution in [0, 0.1) is 10.1 Å². The molecule has 0 bridgehead atoms. The van der Waals surface area contributed by atoms with Crippen molar-refractivity contribution in [2.24, 2.45) is 0 Å². The van der Waals surface area contributed by atoms with Crippen molar-refractivity contribution < 1.29 is 18.1 Å². The van der Waals surface area contributed by atoms with Crippen molar-refractivity contribution in [3.8, 4) is 33.6 Å². The Kier molecular flexibility index (Phi) is 8.14. The normalized spacial score (nSPS) is 14.1. The second-order valence-corrected chi connectivity index (χ2v) is 13.3. The van der Waals surface area contributed by atoms with Crippen molar-refractivity contribution in [2.75, 3.05) is 26.3 Å². The molecule has 3 aromatic heterocycles. The van der Waals surface area contributed by atoms with Gasteiger partial charge in [-0.3, -0.25) is 19.7 Å². The zero-order valence-corrected chi connectivity index (χ0v) is 26.5. The number of H-pyrrole nitrogens is 1. The standard InChI is InChI=1S/C35H32N6O5S/c1-2-40-23-30(34(38-40)25-11-13-27(14-12-25)41(42)43)33-29-20-31(26-8-6-7-24(19-26)22-39-15-17-46-18-16-39)37-35(29)36-21-32(33)47(44,45)28-9-4-3-5-10-28/h3-14,19-21,23H,2,15-18,22H2,1H3,(H,36,37). The second-order valence-electron chi connectivity index (χ2n) is 11.4. The molecule has 1 fully saturated rings. The summed E-state index contributed by atoms with van der Waals surface area (Å²) in [5.74, 6) is 0. The van der Waals surface area contributed by atoms with Crippen molar-refractivity contribution in [3.63, 3.8) is 0 Å². The van der Waals surface area contributed by atoms with E-state index >= 15 is 0 Å². The summed E-state index contributed by atoms with van der Waals surface area (Å²) in [5.41, 5.74) is 5.56. The van der Waals surface area contributed by atoms with Gasteiger partial charge in [0, 0.05) is 78.5 Å². The van der Waals surface area contributed by atoms with E-state index < -0.39 is 14.8 Å². The molecule has 0 aliphatic carbocycles. The zero-order valence-electron chi connectivity index (χ0n) is 25.7. The number of nitro benzene ring substituents is 1. The molecule has 1 N–H and O–H groups in total. The molecule has 0 unspecified atom stereocenters. The summed E-state index contributed by atoms with van der Waals surface area (Å²) in [5, 5.41) is 16.8. The molecule has 1 aliphatic rings. The molecule has 12 heteroatoms. The number of nitrogens with one attached hydrogen (secondary N) is 1. The molecule has 0 amide bonds. The van der Waals surface area contributed by atoms with Gasteiger partial charge in [-0.25, -0.2) is 13.4 Å². The Bertz CT molecular complexity index is 2190. The van der Waals surface area contributed by atoms with Gasteiger partial charge in [0.25, 0.3) is 5.69 Å². The number of nitro groups is 1. The quantitative estimate of drug-likeness (QED) is 0.141. The maximum absolute atomic E-state index is 14.3. The fourth-order valence-electron chi connectivity index (χ4n) is 6.00. The molecular weight excluding hydrogens is 616 g/mol. The molecule has 6 aromatic rings. The maximum atomic E-state index is 14.3. The van der Waals surface area contributed by atoms with E-state index in [0.717, 1.165) is 49.7 Å². The predicted molar refractivity (Wildman–Crippen MR) is 179 cm³/mol. The zero-order chi connectivity index (χ0) is 32.5. The van der Waals surface area contributed by atoms with E-state index in [9.17, 15) is 18.5 Å². The Labute approximate surface area is 271 Å². The van der Waals surface area contributed by atoms with Gasteiger partial charge in [-0.15, -0.1) is 0 Å². The topological polar surface area (TPSA) is 136 Å². The number of fused-ring (bicyclic) bond motifs is 1. The van der Waals surface area contributed by atoms with Crippen molar-refractivity contribution in [3.05, 3.63) is 113 Å². The van der Waals surface area contributed by atoms with Crippen molar-refractivity contribution in [2.45, 2.75) is 29.8 Å². The van der Waals surface area contributed by atoms with E-state index in [0.29, 0.717) is 40.0 Å². The van der Waals surface area contributed by atoms with Crippen molar-refractivity contribution in [1.29, 1.82) is 0 Å². The average Bonchev–Trinajstić information content (AvgIpc) is 3.74. The van der Waals surface area contributed by atoms with Crippen LogP contribution in [0.1, 0.15) is 12.5 Å². The van der Waals surface area contributed by atoms with Crippen LogP contribution in [0.25, 0.3) is 44.7 Å². The van der Waals surface area contributed by atoms with Gasteiger partial charge >= 0.3 is 0 Å². The van der Waals surface area contributed by atoms with Crippen LogP contribution in [0.15, 0.2) is 107 Å². The molecule has 1 aliphatic heterocycles. The number of aryl methyl sites for hydroxylation is 1. The first-order chi connectivity index (χ1) is 22.8. The van der Waals surface area contributed by atoms with E-state index in [1.807, 2.05) is 31.3 Å². The molecule has 0 saturated carbocycles. The molecule has 7 rings (SSSR count). The number of nitrogens with zero attached hydrogens (tertiary/aromatic N) is 5. The average molecular weight is 649 g/mol. The number of sulfone groups is 1. The number of aromatic nitrogens is 4. The van der Waals surface area contributed by atoms with Crippen LogP contribution in [0.5, 0.6) is 0 Å². The lowest BCUT2D eigenvalue weighted by molar-refractivity contribution is -0.384. The number of rotatable bonds is 9. The Hall–Kier alpha value is -5.17. The van der Waals surface area contributed by atoms with Gasteiger partial charge < -0.3 is 9.72 Å². The van der Waals surface area contributed by atoms with Gasteiger partial charge in [0.1, 0.15) is 11.3 Å². The predicted octanol–water partition coefficient (Wildman–Crippen LogP) is 6.35. The molecule has 0 radical (unpaired) electrons. The molecule has 0 spiro atoms. The summed E-state index contributed by atoms with van der Waals surface area (Å²) in [7, 11) is -4.02. The highest BCUT2D eigenvalue weighted by Gasteiger charge is 2.28. The first-order valence-corrected chi connectivity index (χ1v) is 16.8. The number of benzene rings is 3. The SMILES string of the molecule is CCn1cc(-c2c(S(=O)(=O)c3ccccc3)cnc3[nH]c(-c4cccc(CN5CCOCC5)c4)cc23)c(-c2ccc([N+](=O)[O-])cc2)n1. The molecule has 0 atom stereocenters. The summed E-state index contributed by atoms with van der Waals surface area (Å²) >= 11 is 0. The third-order valence-electron chi connectivity index (χ3n) is 8.42. The largest absolute Gasteiger partial charge is 0.379 e. The lowest BCUT2D eigenvalue weighted by atomic mass is 9.99. The molecule has 47 heavy (non-hydrogen) atoms. The Morgan fingerprint density at radius 1 is 0.957 bits per heavy atom. The van der Waals surface area contributed by atoms with Crippen LogP contribution in [-0.2, 0) is 27.7 Å². The van der Waals surface area contributed by atoms with Gasteiger partial charge in [0.05, 0.1) is 27.9 Å². The Morgan fingerprint density at radius 3 is 2.45 bits per heavy atom. The van der Waals surface area contributed by atoms with Crippen LogP contribution in [0.4, 0.5) is 5.69 Å². The number of hydrogen-bond acceptors (Lipinski definition) is 8. The van der Waals surface area contributed by atoms with Crippen molar-refractivity contribution in [1.82, 2.24) is 24.6 Å². The third-order valence-corrected chi connectivity index (χ3v) is 10.2. The first-order valence-electron chi connectivity index (χ1n) is 15.4. The van der Waals surface area contributed by atoms with Gasteiger partial charge in [0.15, 0.2) is 0 Å². The highest BCUT2D eigenvalue weighted by molar-refractivity contribution is 7.91. The fraction of sp³-hybridized carbons (Fsp3) is 0.200. The van der Waals surface area contributed by atoms with Crippen LogP contribution >= 0.6 is 0 Å². The number of aromatic amines is 1. The Balaban J connectivity index is 1.42. The first kappa shape index (κ1) is 30.5. The summed E-state index contributed by atoms with van der Waals surface area (Å²) in [6.07, 6.45) is 3.23. The van der Waals surface area contributed by atoms with Crippen LogP contribution in [-0.4, -0.2) is 64.3 Å². The van der Waals surface area contributed by atoms with E-state index in [4.69, 9.17) is 9.84 Å². The smallest absolute Gasteiger partial charge is 0.269 e. The minimum Gasteiger partial charge on any atom is -0.379 e. The molecule has 11 nitrogen and oxygen atoms in total. The van der Waals surface area contributed by atoms with Gasteiger partial charge in [-0.1, -0.05) is 36.4 Å².